The number of nitrogens with zero attached hydrogens (tertiary/aromatic N) is 2. The Kier molecular flexibility index (Phi) is 8.68. The summed E-state index contributed by atoms with van der Waals surface area (Å²) in [6.07, 6.45) is -20.0. The molecule has 2 heterocycles. The van der Waals surface area contributed by atoms with Crippen LogP contribution in [0.15, 0.2) is 58.3 Å². The van der Waals surface area contributed by atoms with Crippen LogP contribution in [0.3, 0.4) is 0 Å². The first-order valence-corrected chi connectivity index (χ1v) is 17.2. The smallest absolute Gasteiger partial charge is 0.272 e. The molecular weight excluding hydrogens is 816 g/mol. The van der Waals surface area contributed by atoms with Crippen molar-refractivity contribution >= 4 is 43.9 Å². The third-order valence-electron chi connectivity index (χ3n) is 8.97. The van der Waals surface area contributed by atoms with Crippen LogP contribution in [-0.4, -0.2) is 50.6 Å². The predicted octanol–water partition coefficient (Wildman–Crippen LogP) is 4.72. The molecule has 54 heavy (non-hydrogen) atoms. The maximum absolute atomic E-state index is 13.4. The molecule has 3 aliphatic carbocycles. The molecule has 292 valence electrons. The molecule has 3 fully saturated rings. The van der Waals surface area contributed by atoms with Gasteiger partial charge in [0.05, 0.1) is 55.7 Å². The van der Waals surface area contributed by atoms with Crippen LogP contribution in [-0.2, 0) is 72.7 Å². The second kappa shape index (κ2) is 12.0. The number of rotatable bonds is 6. The Morgan fingerprint density at radius 1 is 0.426 bits per heavy atom. The zero-order valence-corrected chi connectivity index (χ0v) is 27.0. The number of hydroxylamine groups is 4. The van der Waals surface area contributed by atoms with Crippen molar-refractivity contribution in [1.82, 2.24) is 10.1 Å². The molecule has 26 heteroatoms. The van der Waals surface area contributed by atoms with Gasteiger partial charge in [0, 0.05) is 11.8 Å². The van der Waals surface area contributed by atoms with E-state index in [-0.39, 0.29) is 24.3 Å². The lowest BCUT2D eigenvalue weighted by molar-refractivity contribution is -0.167. The fourth-order valence-electron chi connectivity index (χ4n) is 6.74. The van der Waals surface area contributed by atoms with Gasteiger partial charge < -0.3 is 0 Å². The summed E-state index contributed by atoms with van der Waals surface area (Å²) >= 11 is 0. The van der Waals surface area contributed by atoms with Crippen molar-refractivity contribution < 1.29 is 97.3 Å². The van der Waals surface area contributed by atoms with Crippen LogP contribution in [0.25, 0.3) is 0 Å². The SMILES string of the molecule is O=C1C2C3C=CC(C2C(=O)N1OS(=O)(=O)c1cc(C(F)(F)F)cc(C(F)(F)F)c1)C1C(=O)N(OS(=O)(=O)c2cc(C(F)(F)F)cc(C(F)(F)F)c2)C(=O)C31. The van der Waals surface area contributed by atoms with Crippen LogP contribution in [0.4, 0.5) is 52.7 Å². The first kappa shape index (κ1) is 39.1. The number of imide groups is 2. The monoisotopic (exact) mass is 830 g/mol. The molecule has 4 unspecified atom stereocenters. The molecule has 2 saturated heterocycles. The lowest BCUT2D eigenvalue weighted by atomic mass is 9.54. The van der Waals surface area contributed by atoms with Gasteiger partial charge in [0.15, 0.2) is 0 Å². The Balaban J connectivity index is 1.29. The largest absolute Gasteiger partial charge is 0.416 e. The maximum Gasteiger partial charge on any atom is 0.416 e. The standard InChI is InChI=1S/C28H14F12N2O10S2/c29-25(30,31)9-3-10(26(32,33)34)6-13(5-9)53(47,48)51-41-21(43)17-15-1-2-16(19(17)23(41)45)20-18(15)22(44)42(24(20)46)52-54(49,50)14-7-11(27(35,36)37)4-12(8-14)28(38,39)40/h1-8,15-20H. The second-order valence-electron chi connectivity index (χ2n) is 12.1. The quantitative estimate of drug-likeness (QED) is 0.226. The average Bonchev–Trinajstić information content (AvgIpc) is 3.45. The molecule has 0 spiro atoms. The number of amides is 4. The Hall–Kier alpha value is -4.56. The Bertz CT molecular complexity index is 2000. The predicted molar refractivity (Wildman–Crippen MR) is 143 cm³/mol. The lowest BCUT2D eigenvalue weighted by Gasteiger charge is -2.44. The number of alkyl halides is 12. The van der Waals surface area contributed by atoms with E-state index in [2.05, 4.69) is 8.57 Å². The van der Waals surface area contributed by atoms with Crippen molar-refractivity contribution in [2.45, 2.75) is 34.5 Å². The molecule has 7 rings (SSSR count). The third kappa shape index (κ3) is 6.40. The Morgan fingerprint density at radius 3 is 0.852 bits per heavy atom. The summed E-state index contributed by atoms with van der Waals surface area (Å²) in [7, 11) is -11.7. The highest BCUT2D eigenvalue weighted by Gasteiger charge is 2.70. The van der Waals surface area contributed by atoms with E-state index in [1.807, 2.05) is 0 Å². The highest BCUT2D eigenvalue weighted by Crippen LogP contribution is 2.58. The lowest BCUT2D eigenvalue weighted by Crippen LogP contribution is -2.50. The van der Waals surface area contributed by atoms with Crippen molar-refractivity contribution in [3.63, 3.8) is 0 Å². The minimum Gasteiger partial charge on any atom is -0.272 e. The van der Waals surface area contributed by atoms with Crippen molar-refractivity contribution in [3.05, 3.63) is 70.8 Å². The van der Waals surface area contributed by atoms with Gasteiger partial charge in [-0.15, -0.1) is 18.7 Å². The van der Waals surface area contributed by atoms with E-state index >= 15 is 0 Å². The van der Waals surface area contributed by atoms with E-state index in [1.165, 1.54) is 0 Å². The summed E-state index contributed by atoms with van der Waals surface area (Å²) in [6.45, 7) is 0. The number of hydrogen-bond donors (Lipinski definition) is 0. The molecule has 2 aromatic rings. The average molecular weight is 831 g/mol. The molecule has 2 aromatic carbocycles. The van der Waals surface area contributed by atoms with E-state index in [1.54, 1.807) is 0 Å². The third-order valence-corrected chi connectivity index (χ3v) is 11.3. The van der Waals surface area contributed by atoms with Crippen LogP contribution in [0.2, 0.25) is 0 Å². The summed E-state index contributed by atoms with van der Waals surface area (Å²) in [5.41, 5.74) is -8.44. The first-order chi connectivity index (χ1) is 24.4. The minimum atomic E-state index is -5.86. The molecule has 5 aliphatic rings. The highest BCUT2D eigenvalue weighted by molar-refractivity contribution is 7.87. The van der Waals surface area contributed by atoms with Gasteiger partial charge in [-0.05, 0) is 36.4 Å². The van der Waals surface area contributed by atoms with Gasteiger partial charge in [0.1, 0.15) is 0 Å². The number of carbonyl (C=O) groups is 4. The zero-order chi connectivity index (χ0) is 40.5. The van der Waals surface area contributed by atoms with E-state index in [9.17, 15) is 88.7 Å². The number of allylic oxidation sites excluding steroid dienone is 2. The van der Waals surface area contributed by atoms with Crippen LogP contribution in [0.5, 0.6) is 0 Å². The van der Waals surface area contributed by atoms with Crippen LogP contribution in [0.1, 0.15) is 22.3 Å². The topological polar surface area (TPSA) is 161 Å². The number of benzene rings is 2. The van der Waals surface area contributed by atoms with E-state index in [0.29, 0.717) is 0 Å². The van der Waals surface area contributed by atoms with Crippen molar-refractivity contribution in [2.24, 2.45) is 35.5 Å². The number of halogens is 12. The molecule has 0 aromatic heterocycles. The van der Waals surface area contributed by atoms with E-state index in [0.717, 1.165) is 12.2 Å². The molecule has 4 atom stereocenters. The Labute approximate surface area is 292 Å². The van der Waals surface area contributed by atoms with E-state index < -0.39 is 158 Å². The minimum absolute atomic E-state index is 0.276. The van der Waals surface area contributed by atoms with Gasteiger partial charge in [-0.3, -0.25) is 19.2 Å². The molecule has 12 nitrogen and oxygen atoms in total. The zero-order valence-electron chi connectivity index (χ0n) is 25.4. The fraction of sp³-hybridized carbons (Fsp3) is 0.357. The number of hydrogen-bond acceptors (Lipinski definition) is 10. The van der Waals surface area contributed by atoms with Gasteiger partial charge in [0.25, 0.3) is 23.6 Å². The van der Waals surface area contributed by atoms with Crippen molar-refractivity contribution in [1.29, 1.82) is 0 Å². The van der Waals surface area contributed by atoms with Gasteiger partial charge >= 0.3 is 44.9 Å². The van der Waals surface area contributed by atoms with Gasteiger partial charge in [-0.2, -0.15) is 69.5 Å². The first-order valence-electron chi connectivity index (χ1n) is 14.4. The highest BCUT2D eigenvalue weighted by atomic mass is 32.2. The van der Waals surface area contributed by atoms with Gasteiger partial charge in [0.2, 0.25) is 0 Å². The summed E-state index contributed by atoms with van der Waals surface area (Å²) in [5, 5.41) is -0.989. The van der Waals surface area contributed by atoms with Crippen LogP contribution >= 0.6 is 0 Å². The molecule has 4 amide bonds. The van der Waals surface area contributed by atoms with Crippen LogP contribution < -0.4 is 0 Å². The molecule has 1 saturated carbocycles. The molecule has 0 radical (unpaired) electrons. The molecule has 2 bridgehead atoms. The molecule has 2 aliphatic heterocycles. The summed E-state index contributed by atoms with van der Waals surface area (Å²) in [4.78, 5) is 50.0. The van der Waals surface area contributed by atoms with Gasteiger partial charge in [-0.25, -0.2) is 0 Å². The Morgan fingerprint density at radius 2 is 0.648 bits per heavy atom. The summed E-state index contributed by atoms with van der Waals surface area (Å²) in [6, 6.07) is -1.95. The van der Waals surface area contributed by atoms with E-state index in [4.69, 9.17) is 0 Å². The second-order valence-corrected chi connectivity index (χ2v) is 15.2. The van der Waals surface area contributed by atoms with Gasteiger partial charge in [-0.1, -0.05) is 12.2 Å². The fourth-order valence-corrected chi connectivity index (χ4v) is 8.69. The molecular formula is C28H14F12N2O10S2. The summed E-state index contributed by atoms with van der Waals surface area (Å²) in [5.74, 6) is -17.1. The maximum atomic E-state index is 13.4. The molecule has 0 N–H and O–H groups in total. The summed E-state index contributed by atoms with van der Waals surface area (Å²) < 4.78 is 221. The normalized spacial score (nSPS) is 26.2. The van der Waals surface area contributed by atoms with Crippen molar-refractivity contribution in [2.75, 3.05) is 0 Å². The van der Waals surface area contributed by atoms with Crippen molar-refractivity contribution in [3.8, 4) is 0 Å². The number of carbonyl (C=O) groups excluding carboxylic acids is 4. The van der Waals surface area contributed by atoms with Crippen LogP contribution in [0, 0.1) is 35.5 Å².